The summed E-state index contributed by atoms with van der Waals surface area (Å²) in [7, 11) is -0.307. The molecule has 92 valence electrons. The van der Waals surface area contributed by atoms with Gasteiger partial charge in [0.15, 0.2) is 0 Å². The fourth-order valence-corrected chi connectivity index (χ4v) is 5.27. The lowest BCUT2D eigenvalue weighted by Gasteiger charge is -2.38. The van der Waals surface area contributed by atoms with E-state index in [0.717, 1.165) is 12.1 Å². The molecule has 1 nitrogen and oxygen atoms in total. The second-order valence-electron chi connectivity index (χ2n) is 5.62. The summed E-state index contributed by atoms with van der Waals surface area (Å²) in [6, 6.07) is 1.57. The van der Waals surface area contributed by atoms with E-state index in [1.165, 1.54) is 30.8 Å². The number of rotatable bonds is 4. The van der Waals surface area contributed by atoms with Crippen LogP contribution in [0.5, 0.6) is 0 Å². The molecule has 1 aliphatic rings. The van der Waals surface area contributed by atoms with Crippen LogP contribution in [-0.4, -0.2) is 46.7 Å². The van der Waals surface area contributed by atoms with E-state index in [1.807, 2.05) is 0 Å². The first-order chi connectivity index (χ1) is 6.90. The molecule has 1 fully saturated rings. The second kappa shape index (κ2) is 5.83. The predicted molar refractivity (Wildman–Crippen MR) is 77.3 cm³/mol. The molecule has 1 rings (SSSR count). The van der Waals surface area contributed by atoms with Gasteiger partial charge in [0.25, 0.3) is 0 Å². The lowest BCUT2D eigenvalue weighted by molar-refractivity contribution is 0.223. The van der Waals surface area contributed by atoms with Gasteiger partial charge >= 0.3 is 0 Å². The maximum atomic E-state index is 2.65. The van der Waals surface area contributed by atoms with Crippen molar-refractivity contribution in [3.63, 3.8) is 0 Å². The molecule has 0 saturated carbocycles. The van der Waals surface area contributed by atoms with Crippen LogP contribution in [0.15, 0.2) is 0 Å². The Bertz CT molecular complexity index is 179. The van der Waals surface area contributed by atoms with Crippen molar-refractivity contribution in [2.45, 2.75) is 45.2 Å². The van der Waals surface area contributed by atoms with Crippen molar-refractivity contribution < 1.29 is 0 Å². The summed E-state index contributed by atoms with van der Waals surface area (Å²) < 4.78 is 2.65. The lowest BCUT2D eigenvalue weighted by Crippen LogP contribution is -2.39. The quantitative estimate of drug-likeness (QED) is 0.701. The van der Waals surface area contributed by atoms with E-state index < -0.39 is 0 Å². The van der Waals surface area contributed by atoms with Gasteiger partial charge in [-0.15, -0.1) is 0 Å². The normalized spacial score (nSPS) is 30.5. The SMILES string of the molecule is CC1CCCC(C)N1SCCS(C)(C)C. The molecule has 3 heteroatoms. The topological polar surface area (TPSA) is 3.24 Å². The lowest BCUT2D eigenvalue weighted by atomic mass is 10.0. The first-order valence-corrected chi connectivity index (χ1v) is 9.94. The third-order valence-electron chi connectivity index (χ3n) is 3.05. The van der Waals surface area contributed by atoms with Crippen molar-refractivity contribution in [2.75, 3.05) is 30.3 Å². The molecule has 0 amide bonds. The third kappa shape index (κ3) is 5.01. The molecule has 1 aliphatic heterocycles. The van der Waals surface area contributed by atoms with Crippen LogP contribution in [0.25, 0.3) is 0 Å². The van der Waals surface area contributed by atoms with E-state index in [2.05, 4.69) is 48.9 Å². The average molecular weight is 249 g/mol. The van der Waals surface area contributed by atoms with Gasteiger partial charge in [-0.25, -0.2) is 14.3 Å². The summed E-state index contributed by atoms with van der Waals surface area (Å²) in [5, 5.41) is 0. The molecule has 0 spiro atoms. The summed E-state index contributed by atoms with van der Waals surface area (Å²) in [5.41, 5.74) is 0. The van der Waals surface area contributed by atoms with Crippen LogP contribution in [0.3, 0.4) is 0 Å². The molecule has 0 bridgehead atoms. The van der Waals surface area contributed by atoms with Gasteiger partial charge in [0, 0.05) is 17.8 Å². The van der Waals surface area contributed by atoms with Crippen molar-refractivity contribution in [3.8, 4) is 0 Å². The molecule has 0 radical (unpaired) electrons. The number of piperidine rings is 1. The number of hydrogen-bond acceptors (Lipinski definition) is 2. The maximum Gasteiger partial charge on any atom is 0.0177 e. The standard InChI is InChI=1S/C12H27NS2/c1-11-7-6-8-12(2)13(11)14-9-10-15(3,4)5/h11-12H,6-10H2,1-5H3. The van der Waals surface area contributed by atoms with Gasteiger partial charge in [-0.3, -0.25) is 0 Å². The summed E-state index contributed by atoms with van der Waals surface area (Å²) >= 11 is 2.09. The van der Waals surface area contributed by atoms with E-state index in [-0.39, 0.29) is 10.0 Å². The van der Waals surface area contributed by atoms with Crippen molar-refractivity contribution in [3.05, 3.63) is 0 Å². The Morgan fingerprint density at radius 3 is 2.13 bits per heavy atom. The highest BCUT2D eigenvalue weighted by Crippen LogP contribution is 2.37. The minimum Gasteiger partial charge on any atom is -0.249 e. The fourth-order valence-electron chi connectivity index (χ4n) is 2.04. The van der Waals surface area contributed by atoms with Gasteiger partial charge in [0.05, 0.1) is 0 Å². The van der Waals surface area contributed by atoms with Gasteiger partial charge in [-0.2, -0.15) is 0 Å². The van der Waals surface area contributed by atoms with E-state index >= 15 is 0 Å². The zero-order valence-electron chi connectivity index (χ0n) is 11.0. The molecule has 0 aliphatic carbocycles. The molecule has 0 aromatic carbocycles. The average Bonchev–Trinajstić information content (AvgIpc) is 2.08. The van der Waals surface area contributed by atoms with Gasteiger partial charge in [0.1, 0.15) is 0 Å². The molecular weight excluding hydrogens is 222 g/mol. The molecule has 1 heterocycles. The Balaban J connectivity index is 2.29. The molecule has 1 saturated heterocycles. The Kier molecular flexibility index (Phi) is 5.33. The zero-order chi connectivity index (χ0) is 11.5. The van der Waals surface area contributed by atoms with Gasteiger partial charge < -0.3 is 0 Å². The molecule has 0 aromatic heterocycles. The highest BCUT2D eigenvalue weighted by Gasteiger charge is 2.24. The Morgan fingerprint density at radius 2 is 1.67 bits per heavy atom. The molecule has 2 atom stereocenters. The Hall–Kier alpha value is 0.660. The highest BCUT2D eigenvalue weighted by atomic mass is 32.3. The Labute approximate surface area is 102 Å². The van der Waals surface area contributed by atoms with Crippen LogP contribution >= 0.6 is 22.0 Å². The van der Waals surface area contributed by atoms with Crippen molar-refractivity contribution in [2.24, 2.45) is 0 Å². The molecule has 2 unspecified atom stereocenters. The first-order valence-electron chi connectivity index (χ1n) is 5.97. The van der Waals surface area contributed by atoms with E-state index in [1.54, 1.807) is 0 Å². The first kappa shape index (κ1) is 13.7. The highest BCUT2D eigenvalue weighted by molar-refractivity contribution is 8.32. The summed E-state index contributed by atoms with van der Waals surface area (Å²) in [6.07, 6.45) is 11.4. The number of nitrogens with zero attached hydrogens (tertiary/aromatic N) is 1. The largest absolute Gasteiger partial charge is 0.249 e. The van der Waals surface area contributed by atoms with Crippen molar-refractivity contribution in [1.29, 1.82) is 0 Å². The maximum absolute atomic E-state index is 2.65. The minimum atomic E-state index is -0.307. The van der Waals surface area contributed by atoms with Gasteiger partial charge in [-0.1, -0.05) is 18.4 Å². The monoisotopic (exact) mass is 249 g/mol. The molecule has 15 heavy (non-hydrogen) atoms. The van der Waals surface area contributed by atoms with Crippen molar-refractivity contribution in [1.82, 2.24) is 4.31 Å². The predicted octanol–water partition coefficient (Wildman–Crippen LogP) is 3.59. The van der Waals surface area contributed by atoms with E-state index in [9.17, 15) is 0 Å². The molecular formula is C12H27NS2. The zero-order valence-corrected chi connectivity index (χ0v) is 12.6. The van der Waals surface area contributed by atoms with Gasteiger partial charge in [0.2, 0.25) is 0 Å². The van der Waals surface area contributed by atoms with Crippen LogP contribution in [0.4, 0.5) is 0 Å². The Morgan fingerprint density at radius 1 is 1.13 bits per heavy atom. The van der Waals surface area contributed by atoms with Crippen LogP contribution in [0.1, 0.15) is 33.1 Å². The van der Waals surface area contributed by atoms with E-state index in [4.69, 9.17) is 0 Å². The fraction of sp³-hybridized carbons (Fsp3) is 1.00. The van der Waals surface area contributed by atoms with Crippen LogP contribution < -0.4 is 0 Å². The summed E-state index contributed by atoms with van der Waals surface area (Å²) in [6.45, 7) is 4.76. The second-order valence-corrected chi connectivity index (χ2v) is 11.3. The summed E-state index contributed by atoms with van der Waals surface area (Å²) in [5.74, 6) is 2.71. The minimum absolute atomic E-state index is 0.307. The van der Waals surface area contributed by atoms with Gasteiger partial charge in [-0.05, 0) is 51.2 Å². The van der Waals surface area contributed by atoms with Crippen LogP contribution in [0, 0.1) is 0 Å². The third-order valence-corrected chi connectivity index (χ3v) is 6.14. The van der Waals surface area contributed by atoms with Crippen molar-refractivity contribution >= 4 is 22.0 Å². The smallest absolute Gasteiger partial charge is 0.0177 e. The van der Waals surface area contributed by atoms with Crippen LogP contribution in [-0.2, 0) is 0 Å². The molecule has 0 aromatic rings. The van der Waals surface area contributed by atoms with E-state index in [0.29, 0.717) is 0 Å². The summed E-state index contributed by atoms with van der Waals surface area (Å²) in [4.78, 5) is 0. The van der Waals surface area contributed by atoms with Crippen LogP contribution in [0.2, 0.25) is 0 Å². The number of hydrogen-bond donors (Lipinski definition) is 0. The molecule has 0 N–H and O–H groups in total.